The Labute approximate surface area is 188 Å². The van der Waals surface area contributed by atoms with Crippen molar-refractivity contribution >= 4 is 11.3 Å². The lowest BCUT2D eigenvalue weighted by molar-refractivity contribution is -0.388. The molecule has 4 rings (SSSR count). The lowest BCUT2D eigenvalue weighted by atomic mass is 10.1. The summed E-state index contributed by atoms with van der Waals surface area (Å²) in [5.41, 5.74) is 4.43. The van der Waals surface area contributed by atoms with Gasteiger partial charge in [-0.2, -0.15) is 0 Å². The summed E-state index contributed by atoms with van der Waals surface area (Å²) in [6.45, 7) is 13.9. The third kappa shape index (κ3) is 5.75. The third-order valence-electron chi connectivity index (χ3n) is 4.30. The van der Waals surface area contributed by atoms with E-state index >= 15 is 0 Å². The van der Waals surface area contributed by atoms with E-state index < -0.39 is 10.7 Å². The summed E-state index contributed by atoms with van der Waals surface area (Å²) in [7, 11) is 0. The molecule has 0 bridgehead atoms. The molecule has 0 saturated carbocycles. The zero-order valence-corrected chi connectivity index (χ0v) is 19.8. The highest BCUT2D eigenvalue weighted by Gasteiger charge is 2.19. The van der Waals surface area contributed by atoms with Crippen molar-refractivity contribution in [1.29, 1.82) is 0 Å². The maximum atomic E-state index is 13.1. The van der Waals surface area contributed by atoms with Crippen molar-refractivity contribution in [3.05, 3.63) is 82.7 Å². The molecule has 0 amide bonds. The smallest absolute Gasteiger partial charge is 0.358 e. The predicted molar refractivity (Wildman–Crippen MR) is 129 cm³/mol. The van der Waals surface area contributed by atoms with Crippen molar-refractivity contribution < 1.29 is 9.31 Å². The molecule has 0 aliphatic rings. The summed E-state index contributed by atoms with van der Waals surface area (Å²) < 4.78 is 15.0. The molecule has 0 aliphatic heterocycles. The van der Waals surface area contributed by atoms with Crippen LogP contribution in [0.25, 0.3) is 27.9 Å². The van der Waals surface area contributed by atoms with Gasteiger partial charge in [0.05, 0.1) is 17.5 Å². The van der Waals surface area contributed by atoms with E-state index in [9.17, 15) is 14.5 Å². The molecular weight excluding hydrogens is 407 g/mol. The number of fused-ring (bicyclic) bond motifs is 1. The SMILES string of the molecule is CC.CC.CC.Cc1c(-c2cccnc2[N+](=O)[O-])cc2ccc(-c3ccc(F)cn3)cn12. The van der Waals surface area contributed by atoms with E-state index in [1.54, 1.807) is 18.2 Å². The number of aromatic nitrogens is 3. The summed E-state index contributed by atoms with van der Waals surface area (Å²) >= 11 is 0. The van der Waals surface area contributed by atoms with Crippen LogP contribution in [0.3, 0.4) is 0 Å². The second-order valence-corrected chi connectivity index (χ2v) is 5.85. The minimum atomic E-state index is -0.481. The summed E-state index contributed by atoms with van der Waals surface area (Å²) in [5, 5.41) is 11.3. The van der Waals surface area contributed by atoms with Gasteiger partial charge < -0.3 is 14.5 Å². The van der Waals surface area contributed by atoms with Crippen molar-refractivity contribution in [2.75, 3.05) is 0 Å². The zero-order chi connectivity index (χ0) is 24.3. The molecule has 4 heterocycles. The zero-order valence-electron chi connectivity index (χ0n) is 19.8. The lowest BCUT2D eigenvalue weighted by Gasteiger charge is -2.05. The molecule has 0 aromatic carbocycles. The number of halogens is 1. The highest BCUT2D eigenvalue weighted by Crippen LogP contribution is 2.33. The normalized spacial score (nSPS) is 9.50. The van der Waals surface area contributed by atoms with Gasteiger partial charge in [-0.25, -0.2) is 4.39 Å². The Balaban J connectivity index is 0.000000789. The molecule has 0 aliphatic carbocycles. The molecule has 0 N–H and O–H groups in total. The number of rotatable bonds is 3. The number of nitrogens with zero attached hydrogens (tertiary/aromatic N) is 4. The molecule has 7 heteroatoms. The average molecular weight is 439 g/mol. The van der Waals surface area contributed by atoms with Crippen LogP contribution in [0.2, 0.25) is 0 Å². The summed E-state index contributed by atoms with van der Waals surface area (Å²) in [6.07, 6.45) is 4.47. The van der Waals surface area contributed by atoms with Gasteiger partial charge in [-0.3, -0.25) is 4.98 Å². The Morgan fingerprint density at radius 2 is 1.62 bits per heavy atom. The predicted octanol–water partition coefficient (Wildman–Crippen LogP) is 7.50. The molecule has 6 nitrogen and oxygen atoms in total. The first-order valence-corrected chi connectivity index (χ1v) is 10.9. The Hall–Kier alpha value is -3.61. The van der Waals surface area contributed by atoms with Crippen LogP contribution in [0.4, 0.5) is 10.2 Å². The van der Waals surface area contributed by atoms with E-state index in [1.807, 2.05) is 77.3 Å². The topological polar surface area (TPSA) is 73.3 Å². The second-order valence-electron chi connectivity index (χ2n) is 5.85. The van der Waals surface area contributed by atoms with Crippen LogP contribution >= 0.6 is 0 Å². The van der Waals surface area contributed by atoms with Crippen LogP contribution in [0, 0.1) is 22.9 Å². The Kier molecular flexibility index (Phi) is 10.7. The molecule has 4 aromatic rings. The van der Waals surface area contributed by atoms with Crippen molar-refractivity contribution in [3.8, 4) is 22.4 Å². The summed E-state index contributed by atoms with van der Waals surface area (Å²) in [4.78, 5) is 18.8. The van der Waals surface area contributed by atoms with Crippen LogP contribution in [0.15, 0.2) is 61.1 Å². The van der Waals surface area contributed by atoms with Gasteiger partial charge in [-0.05, 0) is 59.3 Å². The van der Waals surface area contributed by atoms with Gasteiger partial charge >= 0.3 is 5.82 Å². The van der Waals surface area contributed by atoms with E-state index in [2.05, 4.69) is 9.97 Å². The standard InChI is InChI=1S/C19H13FN4O2.3C2H6/c1-12-17(16-3-2-8-21-19(16)24(25)26)9-15-6-4-13(11-23(12)15)18-7-5-14(20)10-22-18;3*1-2/h2-11H,1H3;3*1-2H3. The van der Waals surface area contributed by atoms with E-state index in [0.717, 1.165) is 22.3 Å². The Morgan fingerprint density at radius 3 is 2.22 bits per heavy atom. The quantitative estimate of drug-likeness (QED) is 0.245. The van der Waals surface area contributed by atoms with Crippen molar-refractivity contribution in [1.82, 2.24) is 14.4 Å². The molecule has 0 spiro atoms. The van der Waals surface area contributed by atoms with E-state index in [-0.39, 0.29) is 5.82 Å². The molecule has 0 saturated heterocycles. The van der Waals surface area contributed by atoms with Gasteiger partial charge in [0.15, 0.2) is 0 Å². The lowest BCUT2D eigenvalue weighted by Crippen LogP contribution is -1.96. The molecule has 32 heavy (non-hydrogen) atoms. The van der Waals surface area contributed by atoms with Gasteiger partial charge in [0, 0.05) is 28.5 Å². The van der Waals surface area contributed by atoms with E-state index in [4.69, 9.17) is 0 Å². The Morgan fingerprint density at radius 1 is 0.938 bits per heavy atom. The van der Waals surface area contributed by atoms with Gasteiger partial charge in [-0.1, -0.05) is 41.5 Å². The molecule has 170 valence electrons. The fourth-order valence-corrected chi connectivity index (χ4v) is 3.03. The molecule has 4 aromatic heterocycles. The van der Waals surface area contributed by atoms with Crippen LogP contribution in [0.1, 0.15) is 47.2 Å². The van der Waals surface area contributed by atoms with Gasteiger partial charge in [-0.15, -0.1) is 0 Å². The molecule has 0 unspecified atom stereocenters. The third-order valence-corrected chi connectivity index (χ3v) is 4.30. The maximum absolute atomic E-state index is 13.1. The highest BCUT2D eigenvalue weighted by molar-refractivity contribution is 5.79. The first kappa shape index (κ1) is 26.4. The fourth-order valence-electron chi connectivity index (χ4n) is 3.03. The minimum absolute atomic E-state index is 0.174. The molecule has 0 fully saturated rings. The number of hydrogen-bond acceptors (Lipinski definition) is 4. The first-order valence-electron chi connectivity index (χ1n) is 10.9. The molecule has 0 atom stereocenters. The van der Waals surface area contributed by atoms with Crippen LogP contribution in [-0.4, -0.2) is 19.3 Å². The van der Waals surface area contributed by atoms with Gasteiger partial charge in [0.25, 0.3) is 0 Å². The van der Waals surface area contributed by atoms with Crippen molar-refractivity contribution in [3.63, 3.8) is 0 Å². The van der Waals surface area contributed by atoms with E-state index in [1.165, 1.54) is 18.5 Å². The number of aryl methyl sites for hydroxylation is 1. The number of hydrogen-bond donors (Lipinski definition) is 0. The summed E-state index contributed by atoms with van der Waals surface area (Å²) in [6, 6.07) is 12.0. The van der Waals surface area contributed by atoms with Crippen LogP contribution in [-0.2, 0) is 0 Å². The minimum Gasteiger partial charge on any atom is -0.358 e. The Bertz CT molecular complexity index is 1140. The average Bonchev–Trinajstić information content (AvgIpc) is 3.19. The van der Waals surface area contributed by atoms with Crippen molar-refractivity contribution in [2.45, 2.75) is 48.5 Å². The molecule has 0 radical (unpaired) electrons. The molecular formula is C25H31FN4O2. The monoisotopic (exact) mass is 438 g/mol. The largest absolute Gasteiger partial charge is 0.371 e. The number of nitro groups is 1. The van der Waals surface area contributed by atoms with Crippen LogP contribution < -0.4 is 0 Å². The fraction of sp³-hybridized carbons (Fsp3) is 0.280. The summed E-state index contributed by atoms with van der Waals surface area (Å²) in [5.74, 6) is -0.565. The van der Waals surface area contributed by atoms with Crippen LogP contribution in [0.5, 0.6) is 0 Å². The highest BCUT2D eigenvalue weighted by atomic mass is 19.1. The first-order chi connectivity index (χ1) is 15.5. The number of pyridine rings is 3. The van der Waals surface area contributed by atoms with Gasteiger partial charge in [0.1, 0.15) is 12.0 Å². The second kappa shape index (κ2) is 12.9. The van der Waals surface area contributed by atoms with E-state index in [0.29, 0.717) is 11.3 Å². The van der Waals surface area contributed by atoms with Crippen molar-refractivity contribution in [2.24, 2.45) is 0 Å². The van der Waals surface area contributed by atoms with Gasteiger partial charge in [0.2, 0.25) is 0 Å². The maximum Gasteiger partial charge on any atom is 0.371 e.